The van der Waals surface area contributed by atoms with Crippen LogP contribution in [-0.4, -0.2) is 25.0 Å². The first-order valence-corrected chi connectivity index (χ1v) is 4.58. The fraction of sp³-hybridized carbons (Fsp3) is 0.250. The molecule has 1 aromatic heterocycles. The van der Waals surface area contributed by atoms with Gasteiger partial charge in [0.25, 0.3) is 5.91 Å². The van der Waals surface area contributed by atoms with Gasteiger partial charge in [0.05, 0.1) is 29.0 Å². The molecule has 0 fully saturated rings. The molecule has 1 amide bonds. The quantitative estimate of drug-likeness (QED) is 0.821. The molecular formula is C8H10BrN3O2. The van der Waals surface area contributed by atoms with Gasteiger partial charge in [-0.3, -0.25) is 19.7 Å². The second kappa shape index (κ2) is 4.39. The zero-order valence-electron chi connectivity index (χ0n) is 7.82. The Balaban J connectivity index is 3.20. The molecule has 1 heterocycles. The zero-order valence-corrected chi connectivity index (χ0v) is 9.41. The van der Waals surface area contributed by atoms with Crippen molar-refractivity contribution in [3.63, 3.8) is 0 Å². The molecule has 1 rings (SSSR count). The maximum Gasteiger partial charge on any atom is 0.251 e. The van der Waals surface area contributed by atoms with Crippen LogP contribution in [0.3, 0.4) is 0 Å². The molecule has 0 bridgehead atoms. The highest BCUT2D eigenvalue weighted by molar-refractivity contribution is 9.10. The second-order valence-electron chi connectivity index (χ2n) is 2.56. The molecule has 0 atom stereocenters. The van der Waals surface area contributed by atoms with Gasteiger partial charge in [-0.15, -0.1) is 0 Å². The summed E-state index contributed by atoms with van der Waals surface area (Å²) in [5, 5.41) is 1.48. The Hall–Kier alpha value is -1.14. The van der Waals surface area contributed by atoms with Crippen molar-refractivity contribution < 1.29 is 9.63 Å². The van der Waals surface area contributed by atoms with E-state index in [-0.39, 0.29) is 0 Å². The number of hydrogen-bond donors (Lipinski definition) is 1. The fourth-order valence-corrected chi connectivity index (χ4v) is 1.57. The lowest BCUT2D eigenvalue weighted by Gasteiger charge is -2.17. The predicted molar refractivity (Wildman–Crippen MR) is 55.9 cm³/mol. The lowest BCUT2D eigenvalue weighted by molar-refractivity contribution is 0.0999. The maximum absolute atomic E-state index is 11.0. The first kappa shape index (κ1) is 10.9. The third-order valence-electron chi connectivity index (χ3n) is 1.74. The first-order chi connectivity index (χ1) is 6.57. The summed E-state index contributed by atoms with van der Waals surface area (Å²) in [4.78, 5) is 19.8. The summed E-state index contributed by atoms with van der Waals surface area (Å²) in [6.07, 6.45) is 2.97. The van der Waals surface area contributed by atoms with Crippen LogP contribution in [0.4, 0.5) is 5.69 Å². The molecule has 0 aliphatic carbocycles. The number of hydrogen-bond acceptors (Lipinski definition) is 4. The number of carbonyl (C=O) groups excluding carboxylic acids is 1. The number of rotatable bonds is 3. The minimum atomic E-state index is -0.532. The van der Waals surface area contributed by atoms with Crippen LogP contribution in [0.1, 0.15) is 10.4 Å². The minimum Gasteiger partial charge on any atom is -0.366 e. The molecule has 14 heavy (non-hydrogen) atoms. The number of carbonyl (C=O) groups is 1. The highest BCUT2D eigenvalue weighted by Crippen LogP contribution is 2.27. The summed E-state index contributed by atoms with van der Waals surface area (Å²) in [5.74, 6) is -0.532. The van der Waals surface area contributed by atoms with E-state index in [1.807, 2.05) is 0 Å². The Bertz CT molecular complexity index is 356. The van der Waals surface area contributed by atoms with Gasteiger partial charge in [-0.05, 0) is 15.9 Å². The van der Waals surface area contributed by atoms with E-state index in [1.54, 1.807) is 13.2 Å². The Morgan fingerprint density at radius 3 is 2.79 bits per heavy atom. The third kappa shape index (κ3) is 2.02. The molecule has 1 aromatic rings. The van der Waals surface area contributed by atoms with E-state index in [0.717, 1.165) is 0 Å². The van der Waals surface area contributed by atoms with E-state index in [1.165, 1.54) is 18.4 Å². The summed E-state index contributed by atoms with van der Waals surface area (Å²) >= 11 is 3.26. The number of pyridine rings is 1. The SMILES string of the molecule is CON(C)c1cncc(C(N)=O)c1Br. The number of nitrogens with zero attached hydrogens (tertiary/aromatic N) is 2. The van der Waals surface area contributed by atoms with Crippen LogP contribution < -0.4 is 10.8 Å². The van der Waals surface area contributed by atoms with Gasteiger partial charge >= 0.3 is 0 Å². The van der Waals surface area contributed by atoms with Crippen LogP contribution in [0.2, 0.25) is 0 Å². The molecule has 0 spiro atoms. The summed E-state index contributed by atoms with van der Waals surface area (Å²) in [5.41, 5.74) is 6.12. The summed E-state index contributed by atoms with van der Waals surface area (Å²) in [6.45, 7) is 0. The van der Waals surface area contributed by atoms with E-state index in [0.29, 0.717) is 15.7 Å². The number of hydroxylamine groups is 1. The van der Waals surface area contributed by atoms with Crippen molar-refractivity contribution in [2.24, 2.45) is 5.73 Å². The van der Waals surface area contributed by atoms with E-state index in [2.05, 4.69) is 20.9 Å². The van der Waals surface area contributed by atoms with Crippen molar-refractivity contribution in [3.05, 3.63) is 22.4 Å². The van der Waals surface area contributed by atoms with Crippen LogP contribution in [0.5, 0.6) is 0 Å². The van der Waals surface area contributed by atoms with Gasteiger partial charge in [0.2, 0.25) is 0 Å². The van der Waals surface area contributed by atoms with Gasteiger partial charge in [-0.25, -0.2) is 0 Å². The molecule has 0 aliphatic heterocycles. The van der Waals surface area contributed by atoms with Gasteiger partial charge in [0, 0.05) is 13.2 Å². The summed E-state index contributed by atoms with van der Waals surface area (Å²) in [7, 11) is 3.22. The Labute approximate surface area is 89.9 Å². The molecule has 6 heteroatoms. The van der Waals surface area contributed by atoms with Crippen LogP contribution in [0.25, 0.3) is 0 Å². The van der Waals surface area contributed by atoms with Gasteiger partial charge < -0.3 is 5.73 Å². The molecular weight excluding hydrogens is 250 g/mol. The third-order valence-corrected chi connectivity index (χ3v) is 2.57. The molecule has 0 unspecified atom stereocenters. The lowest BCUT2D eigenvalue weighted by atomic mass is 10.2. The molecule has 0 radical (unpaired) electrons. The van der Waals surface area contributed by atoms with Crippen molar-refractivity contribution in [2.45, 2.75) is 0 Å². The van der Waals surface area contributed by atoms with Crippen LogP contribution >= 0.6 is 15.9 Å². The van der Waals surface area contributed by atoms with E-state index in [9.17, 15) is 4.79 Å². The van der Waals surface area contributed by atoms with Gasteiger partial charge in [-0.1, -0.05) is 0 Å². The number of anilines is 1. The van der Waals surface area contributed by atoms with Crippen LogP contribution in [-0.2, 0) is 4.84 Å². The second-order valence-corrected chi connectivity index (χ2v) is 3.36. The zero-order chi connectivity index (χ0) is 10.7. The van der Waals surface area contributed by atoms with E-state index >= 15 is 0 Å². The number of nitrogens with two attached hydrogens (primary N) is 1. The fourth-order valence-electron chi connectivity index (χ4n) is 0.923. The normalized spacial score (nSPS) is 9.93. The Morgan fingerprint density at radius 2 is 2.29 bits per heavy atom. The first-order valence-electron chi connectivity index (χ1n) is 3.79. The topological polar surface area (TPSA) is 68.4 Å². The number of amides is 1. The highest BCUT2D eigenvalue weighted by Gasteiger charge is 2.13. The maximum atomic E-state index is 11.0. The molecule has 5 nitrogen and oxygen atoms in total. The van der Waals surface area contributed by atoms with Crippen molar-refractivity contribution in [1.82, 2.24) is 4.98 Å². The Kier molecular flexibility index (Phi) is 3.43. The van der Waals surface area contributed by atoms with E-state index in [4.69, 9.17) is 10.6 Å². The molecule has 0 saturated carbocycles. The Morgan fingerprint density at radius 1 is 1.64 bits per heavy atom. The van der Waals surface area contributed by atoms with Crippen molar-refractivity contribution >= 4 is 27.5 Å². The lowest BCUT2D eigenvalue weighted by Crippen LogP contribution is -2.18. The van der Waals surface area contributed by atoms with E-state index < -0.39 is 5.91 Å². The molecule has 2 N–H and O–H groups in total. The minimum absolute atomic E-state index is 0.325. The smallest absolute Gasteiger partial charge is 0.251 e. The van der Waals surface area contributed by atoms with Crippen molar-refractivity contribution in [2.75, 3.05) is 19.2 Å². The molecule has 0 aromatic carbocycles. The molecule has 76 valence electrons. The average Bonchev–Trinajstić information content (AvgIpc) is 2.16. The monoisotopic (exact) mass is 259 g/mol. The summed E-state index contributed by atoms with van der Waals surface area (Å²) < 4.78 is 0.573. The largest absolute Gasteiger partial charge is 0.366 e. The van der Waals surface area contributed by atoms with Crippen molar-refractivity contribution in [3.8, 4) is 0 Å². The number of halogens is 1. The number of primary amides is 1. The predicted octanol–water partition coefficient (Wildman–Crippen LogP) is 0.941. The van der Waals surface area contributed by atoms with Gasteiger partial charge in [-0.2, -0.15) is 0 Å². The molecule has 0 saturated heterocycles. The van der Waals surface area contributed by atoms with Crippen LogP contribution in [0, 0.1) is 0 Å². The summed E-state index contributed by atoms with van der Waals surface area (Å²) in [6, 6.07) is 0. The standard InChI is InChI=1S/C8H10BrN3O2/c1-12(14-2)6-4-11-3-5(7(6)9)8(10)13/h3-4H,1-2H3,(H2,10,13). The van der Waals surface area contributed by atoms with Crippen molar-refractivity contribution in [1.29, 1.82) is 0 Å². The van der Waals surface area contributed by atoms with Gasteiger partial charge in [0.1, 0.15) is 0 Å². The average molecular weight is 260 g/mol. The van der Waals surface area contributed by atoms with Gasteiger partial charge in [0.15, 0.2) is 0 Å². The van der Waals surface area contributed by atoms with Crippen LogP contribution in [0.15, 0.2) is 16.9 Å². The molecule has 0 aliphatic rings. The highest BCUT2D eigenvalue weighted by atomic mass is 79.9. The number of aromatic nitrogens is 1.